The van der Waals surface area contributed by atoms with Gasteiger partial charge in [-0.3, -0.25) is 4.79 Å². The van der Waals surface area contributed by atoms with Gasteiger partial charge in [0.1, 0.15) is 11.6 Å². The highest BCUT2D eigenvalue weighted by Gasteiger charge is 2.21. The predicted molar refractivity (Wildman–Crippen MR) is 85.1 cm³/mol. The molecule has 3 rings (SSSR count). The van der Waals surface area contributed by atoms with Gasteiger partial charge in [-0.15, -0.1) is 0 Å². The lowest BCUT2D eigenvalue weighted by Gasteiger charge is -2.33. The molecule has 1 aromatic carbocycles. The fraction of sp³-hybridized carbons (Fsp3) is 0.375. The van der Waals surface area contributed by atoms with Crippen molar-refractivity contribution in [2.45, 2.75) is 25.3 Å². The Morgan fingerprint density at radius 1 is 1.25 bits per heavy atom. The van der Waals surface area contributed by atoms with E-state index in [0.717, 1.165) is 25.0 Å². The second-order valence-electron chi connectivity index (χ2n) is 5.71. The van der Waals surface area contributed by atoms with Crippen LogP contribution in [0.25, 0.3) is 0 Å². The molecule has 0 bridgehead atoms. The first-order chi connectivity index (χ1) is 11.5. The Balaban J connectivity index is 1.61. The van der Waals surface area contributed by atoms with E-state index in [1.807, 2.05) is 4.90 Å². The molecule has 24 heavy (non-hydrogen) atoms. The Labute approximate surface area is 136 Å². The van der Waals surface area contributed by atoms with Gasteiger partial charge >= 0.3 is 0 Å². The van der Waals surface area contributed by atoms with Crippen molar-refractivity contribution in [1.29, 1.82) is 0 Å². The van der Waals surface area contributed by atoms with E-state index in [2.05, 4.69) is 15.3 Å². The highest BCUT2D eigenvalue weighted by atomic mass is 19.3. The lowest BCUT2D eigenvalue weighted by Crippen LogP contribution is -2.39. The number of nitrogens with zero attached hydrogens (tertiary/aromatic N) is 2. The Hall–Kier alpha value is -2.51. The summed E-state index contributed by atoms with van der Waals surface area (Å²) < 4.78 is 38.8. The van der Waals surface area contributed by atoms with Crippen LogP contribution in [0.4, 0.5) is 24.7 Å². The van der Waals surface area contributed by atoms with Gasteiger partial charge < -0.3 is 15.2 Å². The van der Waals surface area contributed by atoms with Crippen LogP contribution in [0.2, 0.25) is 0 Å². The number of hydrogen-bond donors (Lipinski definition) is 2. The zero-order valence-electron chi connectivity index (χ0n) is 12.8. The Kier molecular flexibility index (Phi) is 4.73. The highest BCUT2D eigenvalue weighted by Crippen LogP contribution is 2.26. The minimum atomic E-state index is -2.84. The highest BCUT2D eigenvalue weighted by molar-refractivity contribution is 5.48. The SMILES string of the molecule is O=c1cc(N2CCC(Nc3ccc(F)c(C(F)F)c3)CC2)nc[nH]1. The van der Waals surface area contributed by atoms with E-state index in [0.29, 0.717) is 24.6 Å². The van der Waals surface area contributed by atoms with Crippen molar-refractivity contribution in [3.63, 3.8) is 0 Å². The van der Waals surface area contributed by atoms with Gasteiger partial charge in [0.15, 0.2) is 0 Å². The molecule has 0 spiro atoms. The van der Waals surface area contributed by atoms with Crippen molar-refractivity contribution in [3.8, 4) is 0 Å². The molecule has 8 heteroatoms. The van der Waals surface area contributed by atoms with E-state index < -0.39 is 17.8 Å². The summed E-state index contributed by atoms with van der Waals surface area (Å²) in [5.74, 6) is -0.273. The van der Waals surface area contributed by atoms with Crippen molar-refractivity contribution < 1.29 is 13.2 Å². The van der Waals surface area contributed by atoms with Crippen molar-refractivity contribution in [3.05, 3.63) is 52.3 Å². The number of aromatic nitrogens is 2. The zero-order chi connectivity index (χ0) is 17.1. The summed E-state index contributed by atoms with van der Waals surface area (Å²) in [5, 5.41) is 3.17. The normalized spacial score (nSPS) is 15.8. The molecule has 1 aliphatic heterocycles. The molecular formula is C16H17F3N4O. The number of nitrogens with one attached hydrogen (secondary N) is 2. The molecule has 1 fully saturated rings. The first-order valence-corrected chi connectivity index (χ1v) is 7.67. The average Bonchev–Trinajstić information content (AvgIpc) is 2.57. The summed E-state index contributed by atoms with van der Waals surface area (Å²) in [5.41, 5.74) is -0.310. The van der Waals surface area contributed by atoms with Gasteiger partial charge in [0, 0.05) is 30.9 Å². The van der Waals surface area contributed by atoms with Crippen molar-refractivity contribution in [2.75, 3.05) is 23.3 Å². The maximum atomic E-state index is 13.3. The van der Waals surface area contributed by atoms with E-state index in [1.165, 1.54) is 18.5 Å². The largest absolute Gasteiger partial charge is 0.382 e. The first-order valence-electron chi connectivity index (χ1n) is 7.67. The molecule has 0 atom stereocenters. The lowest BCUT2D eigenvalue weighted by molar-refractivity contribution is 0.146. The van der Waals surface area contributed by atoms with Crippen molar-refractivity contribution >= 4 is 11.5 Å². The Morgan fingerprint density at radius 2 is 2.00 bits per heavy atom. The van der Waals surface area contributed by atoms with Crippen LogP contribution in [0.5, 0.6) is 0 Å². The fourth-order valence-electron chi connectivity index (χ4n) is 2.82. The van der Waals surface area contributed by atoms with Crippen LogP contribution in [0.15, 0.2) is 35.4 Å². The molecule has 1 aliphatic rings. The lowest BCUT2D eigenvalue weighted by atomic mass is 10.0. The van der Waals surface area contributed by atoms with Crippen LogP contribution in [-0.4, -0.2) is 29.1 Å². The van der Waals surface area contributed by atoms with Crippen LogP contribution in [0.1, 0.15) is 24.8 Å². The predicted octanol–water partition coefficient (Wildman–Crippen LogP) is 2.93. The third-order valence-corrected chi connectivity index (χ3v) is 4.08. The van der Waals surface area contributed by atoms with E-state index in [-0.39, 0.29) is 11.6 Å². The molecule has 2 heterocycles. The first kappa shape index (κ1) is 16.4. The van der Waals surface area contributed by atoms with E-state index in [9.17, 15) is 18.0 Å². The molecule has 2 N–H and O–H groups in total. The second kappa shape index (κ2) is 6.94. The third-order valence-electron chi connectivity index (χ3n) is 4.08. The summed E-state index contributed by atoms with van der Waals surface area (Å²) in [6.45, 7) is 1.38. The van der Waals surface area contributed by atoms with Gasteiger partial charge in [0.25, 0.3) is 12.0 Å². The molecule has 128 valence electrons. The monoisotopic (exact) mass is 338 g/mol. The second-order valence-corrected chi connectivity index (χ2v) is 5.71. The maximum Gasteiger partial charge on any atom is 0.266 e. The summed E-state index contributed by atoms with van der Waals surface area (Å²) >= 11 is 0. The topological polar surface area (TPSA) is 61.0 Å². The average molecular weight is 338 g/mol. The van der Waals surface area contributed by atoms with Crippen LogP contribution >= 0.6 is 0 Å². The van der Waals surface area contributed by atoms with Crippen molar-refractivity contribution in [2.24, 2.45) is 0 Å². The number of halogens is 3. The Morgan fingerprint density at radius 3 is 2.67 bits per heavy atom. The van der Waals surface area contributed by atoms with Gasteiger partial charge in [0.2, 0.25) is 0 Å². The smallest absolute Gasteiger partial charge is 0.266 e. The van der Waals surface area contributed by atoms with Gasteiger partial charge in [-0.1, -0.05) is 0 Å². The zero-order valence-corrected chi connectivity index (χ0v) is 12.8. The minimum absolute atomic E-state index is 0.0965. The summed E-state index contributed by atoms with van der Waals surface area (Å²) in [6, 6.07) is 5.22. The number of H-pyrrole nitrogens is 1. The van der Waals surface area contributed by atoms with Crippen LogP contribution in [0, 0.1) is 5.82 Å². The molecule has 1 saturated heterocycles. The molecular weight excluding hydrogens is 321 g/mol. The van der Waals surface area contributed by atoms with Gasteiger partial charge in [-0.2, -0.15) is 0 Å². The molecule has 2 aromatic rings. The third kappa shape index (κ3) is 3.69. The molecule has 0 radical (unpaired) electrons. The number of rotatable bonds is 4. The quantitative estimate of drug-likeness (QED) is 0.900. The Bertz CT molecular complexity index is 757. The van der Waals surface area contributed by atoms with Crippen molar-refractivity contribution in [1.82, 2.24) is 9.97 Å². The number of hydrogen-bond acceptors (Lipinski definition) is 4. The number of benzene rings is 1. The van der Waals surface area contributed by atoms with E-state index in [4.69, 9.17) is 0 Å². The van der Waals surface area contributed by atoms with Gasteiger partial charge in [0.05, 0.1) is 11.9 Å². The standard InChI is InChI=1S/C16H17F3N4O/c17-13-2-1-11(7-12(13)16(18)19)22-10-3-5-23(6-4-10)14-8-15(24)21-9-20-14/h1-2,7-10,16,22H,3-6H2,(H,20,21,24). The van der Waals surface area contributed by atoms with E-state index in [1.54, 1.807) is 0 Å². The van der Waals surface area contributed by atoms with Gasteiger partial charge in [-0.25, -0.2) is 18.2 Å². The summed E-state index contributed by atoms with van der Waals surface area (Å²) in [6.07, 6.45) is 0.0498. The maximum absolute atomic E-state index is 13.3. The number of anilines is 2. The molecule has 0 amide bonds. The van der Waals surface area contributed by atoms with Crippen LogP contribution in [0.3, 0.4) is 0 Å². The molecule has 1 aromatic heterocycles. The van der Waals surface area contributed by atoms with Gasteiger partial charge in [-0.05, 0) is 31.0 Å². The fourth-order valence-corrected chi connectivity index (χ4v) is 2.82. The molecule has 0 aliphatic carbocycles. The van der Waals surface area contributed by atoms with Crippen LogP contribution in [-0.2, 0) is 0 Å². The van der Waals surface area contributed by atoms with E-state index >= 15 is 0 Å². The molecule has 0 saturated carbocycles. The summed E-state index contributed by atoms with van der Waals surface area (Å²) in [4.78, 5) is 19.9. The molecule has 0 unspecified atom stereocenters. The number of piperidine rings is 1. The van der Waals surface area contributed by atoms with Crippen LogP contribution < -0.4 is 15.8 Å². The molecule has 5 nitrogen and oxygen atoms in total. The summed E-state index contributed by atoms with van der Waals surface area (Å²) in [7, 11) is 0. The number of aromatic amines is 1. The minimum Gasteiger partial charge on any atom is -0.382 e. The number of alkyl halides is 2.